The van der Waals surface area contributed by atoms with Gasteiger partial charge in [-0.25, -0.2) is 0 Å². The van der Waals surface area contributed by atoms with Gasteiger partial charge in [-0.1, -0.05) is 37.3 Å². The summed E-state index contributed by atoms with van der Waals surface area (Å²) in [6.45, 7) is 11.5. The second-order valence-corrected chi connectivity index (χ2v) is 8.69. The molecule has 2 unspecified atom stereocenters. The molecule has 2 atom stereocenters. The van der Waals surface area contributed by atoms with Crippen LogP contribution in [0.5, 0.6) is 0 Å². The number of nitrogens with one attached hydrogen (secondary N) is 2. The molecule has 0 amide bonds. The van der Waals surface area contributed by atoms with Crippen molar-refractivity contribution in [2.45, 2.75) is 58.2 Å². The third-order valence-electron chi connectivity index (χ3n) is 6.40. The molecule has 2 saturated heterocycles. The molecule has 0 spiro atoms. The topological polar surface area (TPSA) is 42.9 Å². The van der Waals surface area contributed by atoms with Crippen molar-refractivity contribution in [3.63, 3.8) is 0 Å². The van der Waals surface area contributed by atoms with Crippen LogP contribution in [0.4, 0.5) is 0 Å². The van der Waals surface area contributed by atoms with Gasteiger partial charge in [-0.05, 0) is 57.2 Å². The number of rotatable bonds is 6. The minimum absolute atomic E-state index is 0. The van der Waals surface area contributed by atoms with Crippen LogP contribution in [0.25, 0.3) is 0 Å². The normalized spacial score (nSPS) is 24.7. The fourth-order valence-electron chi connectivity index (χ4n) is 4.41. The van der Waals surface area contributed by atoms with Crippen molar-refractivity contribution < 1.29 is 0 Å². The van der Waals surface area contributed by atoms with Crippen LogP contribution >= 0.6 is 24.0 Å². The van der Waals surface area contributed by atoms with Crippen LogP contribution in [0, 0.1) is 5.92 Å². The maximum Gasteiger partial charge on any atom is 0.191 e. The second kappa shape index (κ2) is 12.7. The Hall–Kier alpha value is -0.860. The molecule has 1 aromatic rings. The lowest BCUT2D eigenvalue weighted by molar-refractivity contribution is 0.134. The van der Waals surface area contributed by atoms with Crippen LogP contribution in [0.1, 0.15) is 45.1 Å². The van der Waals surface area contributed by atoms with E-state index in [0.29, 0.717) is 12.1 Å². The Labute approximate surface area is 194 Å². The zero-order chi connectivity index (χ0) is 19.8. The summed E-state index contributed by atoms with van der Waals surface area (Å²) < 4.78 is 0. The maximum atomic E-state index is 4.45. The van der Waals surface area contributed by atoms with E-state index in [1.807, 2.05) is 7.05 Å². The highest BCUT2D eigenvalue weighted by molar-refractivity contribution is 14.0. The van der Waals surface area contributed by atoms with Gasteiger partial charge in [0.25, 0.3) is 0 Å². The van der Waals surface area contributed by atoms with Gasteiger partial charge in [0.2, 0.25) is 0 Å². The first-order valence-electron chi connectivity index (χ1n) is 11.1. The Bertz CT molecular complexity index is 601. The minimum atomic E-state index is 0. The zero-order valence-electron chi connectivity index (χ0n) is 18.4. The van der Waals surface area contributed by atoms with Crippen molar-refractivity contribution in [3.05, 3.63) is 35.9 Å². The van der Waals surface area contributed by atoms with E-state index in [2.05, 4.69) is 69.6 Å². The molecule has 0 radical (unpaired) electrons. The highest BCUT2D eigenvalue weighted by Crippen LogP contribution is 2.20. The zero-order valence-corrected chi connectivity index (χ0v) is 20.8. The molecule has 6 heteroatoms. The maximum absolute atomic E-state index is 4.45. The van der Waals surface area contributed by atoms with Gasteiger partial charge < -0.3 is 15.5 Å². The molecule has 5 nitrogen and oxygen atoms in total. The summed E-state index contributed by atoms with van der Waals surface area (Å²) >= 11 is 0. The number of hydrogen-bond donors (Lipinski definition) is 2. The van der Waals surface area contributed by atoms with E-state index < -0.39 is 0 Å². The molecule has 2 heterocycles. The van der Waals surface area contributed by atoms with Crippen molar-refractivity contribution in [1.29, 1.82) is 0 Å². The van der Waals surface area contributed by atoms with E-state index in [1.54, 1.807) is 0 Å². The number of nitrogens with zero attached hydrogens (tertiary/aromatic N) is 3. The quantitative estimate of drug-likeness (QED) is 0.347. The number of halogens is 1. The van der Waals surface area contributed by atoms with E-state index in [-0.39, 0.29) is 24.0 Å². The lowest BCUT2D eigenvalue weighted by atomic mass is 9.97. The standard InChI is InChI=1S/C23H39N5.HI/c1-19-9-13-27(14-10-19)16-12-25-23(24-3)26-22-11-15-28(20(2)17-22)18-21-7-5-4-6-8-21;/h4-8,19-20,22H,9-18H2,1-3H3,(H2,24,25,26);1H. The average Bonchev–Trinajstić information content (AvgIpc) is 2.71. The summed E-state index contributed by atoms with van der Waals surface area (Å²) in [7, 11) is 1.88. The van der Waals surface area contributed by atoms with Crippen LogP contribution < -0.4 is 10.6 Å². The van der Waals surface area contributed by atoms with Gasteiger partial charge in [0, 0.05) is 45.3 Å². The van der Waals surface area contributed by atoms with Gasteiger partial charge >= 0.3 is 0 Å². The number of guanidine groups is 1. The molecule has 2 fully saturated rings. The predicted molar refractivity (Wildman–Crippen MR) is 134 cm³/mol. The largest absolute Gasteiger partial charge is 0.355 e. The second-order valence-electron chi connectivity index (χ2n) is 8.69. The van der Waals surface area contributed by atoms with Crippen molar-refractivity contribution >= 4 is 29.9 Å². The van der Waals surface area contributed by atoms with Crippen molar-refractivity contribution in [2.24, 2.45) is 10.9 Å². The molecule has 0 aliphatic carbocycles. The van der Waals surface area contributed by atoms with E-state index >= 15 is 0 Å². The van der Waals surface area contributed by atoms with Gasteiger partial charge in [-0.15, -0.1) is 24.0 Å². The molecule has 3 rings (SSSR count). The fourth-order valence-corrected chi connectivity index (χ4v) is 4.41. The summed E-state index contributed by atoms with van der Waals surface area (Å²) in [6.07, 6.45) is 5.01. The molecule has 0 bridgehead atoms. The highest BCUT2D eigenvalue weighted by Gasteiger charge is 2.26. The first kappa shape index (κ1) is 24.4. The van der Waals surface area contributed by atoms with E-state index in [9.17, 15) is 0 Å². The third-order valence-corrected chi connectivity index (χ3v) is 6.40. The summed E-state index contributed by atoms with van der Waals surface area (Å²) in [4.78, 5) is 9.62. The molecule has 2 aliphatic rings. The molecular formula is C23H40IN5. The van der Waals surface area contributed by atoms with Crippen molar-refractivity contribution in [3.8, 4) is 0 Å². The Morgan fingerprint density at radius 2 is 1.79 bits per heavy atom. The Balaban J connectivity index is 0.00000300. The highest BCUT2D eigenvalue weighted by atomic mass is 127. The lowest BCUT2D eigenvalue weighted by Crippen LogP contribution is -2.52. The number of likely N-dealkylation sites (tertiary alicyclic amines) is 2. The Kier molecular flexibility index (Phi) is 10.7. The minimum Gasteiger partial charge on any atom is -0.355 e. The Morgan fingerprint density at radius 3 is 2.45 bits per heavy atom. The van der Waals surface area contributed by atoms with Gasteiger partial charge in [0.05, 0.1) is 0 Å². The number of benzene rings is 1. The summed E-state index contributed by atoms with van der Waals surface area (Å²) in [5.74, 6) is 1.85. The van der Waals surface area contributed by atoms with E-state index in [0.717, 1.165) is 44.5 Å². The molecule has 164 valence electrons. The number of hydrogen-bond acceptors (Lipinski definition) is 3. The number of aliphatic imine (C=N–C) groups is 1. The molecule has 2 aliphatic heterocycles. The van der Waals surface area contributed by atoms with Crippen LogP contribution in [0.2, 0.25) is 0 Å². The fraction of sp³-hybridized carbons (Fsp3) is 0.696. The average molecular weight is 514 g/mol. The molecule has 0 saturated carbocycles. The lowest BCUT2D eigenvalue weighted by Gasteiger charge is -2.38. The van der Waals surface area contributed by atoms with Gasteiger partial charge in [0.15, 0.2) is 5.96 Å². The van der Waals surface area contributed by atoms with E-state index in [1.165, 1.54) is 37.9 Å². The molecule has 0 aromatic heterocycles. The molecule has 29 heavy (non-hydrogen) atoms. The SMILES string of the molecule is CN=C(NCCN1CCC(C)CC1)NC1CCN(Cc2ccccc2)C(C)C1.I. The van der Waals surface area contributed by atoms with Crippen LogP contribution in [-0.2, 0) is 6.54 Å². The molecular weight excluding hydrogens is 473 g/mol. The van der Waals surface area contributed by atoms with Crippen molar-refractivity contribution in [1.82, 2.24) is 20.4 Å². The number of piperidine rings is 2. The summed E-state index contributed by atoms with van der Waals surface area (Å²) in [6, 6.07) is 11.9. The third kappa shape index (κ3) is 8.06. The summed E-state index contributed by atoms with van der Waals surface area (Å²) in [5.41, 5.74) is 1.41. The monoisotopic (exact) mass is 513 g/mol. The summed E-state index contributed by atoms with van der Waals surface area (Å²) in [5, 5.41) is 7.18. The van der Waals surface area contributed by atoms with Crippen LogP contribution in [0.15, 0.2) is 35.3 Å². The first-order valence-corrected chi connectivity index (χ1v) is 11.1. The smallest absolute Gasteiger partial charge is 0.191 e. The van der Waals surface area contributed by atoms with E-state index in [4.69, 9.17) is 0 Å². The molecule has 2 N–H and O–H groups in total. The van der Waals surface area contributed by atoms with Crippen LogP contribution in [-0.4, -0.2) is 67.6 Å². The van der Waals surface area contributed by atoms with Gasteiger partial charge in [-0.2, -0.15) is 0 Å². The Morgan fingerprint density at radius 1 is 1.07 bits per heavy atom. The van der Waals surface area contributed by atoms with Gasteiger partial charge in [0.1, 0.15) is 0 Å². The molecule has 1 aromatic carbocycles. The van der Waals surface area contributed by atoms with Crippen LogP contribution in [0.3, 0.4) is 0 Å². The van der Waals surface area contributed by atoms with Crippen molar-refractivity contribution in [2.75, 3.05) is 39.8 Å². The predicted octanol–water partition coefficient (Wildman–Crippen LogP) is 3.55. The first-order chi connectivity index (χ1) is 13.6. The van der Waals surface area contributed by atoms with Gasteiger partial charge in [-0.3, -0.25) is 9.89 Å².